The van der Waals surface area contributed by atoms with Gasteiger partial charge in [-0.15, -0.1) is 0 Å². The lowest BCUT2D eigenvalue weighted by Crippen LogP contribution is -2.43. The Kier molecular flexibility index (Phi) is 8.83. The molecule has 0 aliphatic heterocycles. The lowest BCUT2D eigenvalue weighted by atomic mass is 10.1. The first-order valence-corrected chi connectivity index (χ1v) is 9.93. The topological polar surface area (TPSA) is 65.5 Å². The fourth-order valence-electron chi connectivity index (χ4n) is 2.01. The van der Waals surface area contributed by atoms with E-state index >= 15 is 0 Å². The first kappa shape index (κ1) is 21.4. The summed E-state index contributed by atoms with van der Waals surface area (Å²) in [6.07, 6.45) is 3.02. The van der Waals surface area contributed by atoms with Gasteiger partial charge in [-0.25, -0.2) is 0 Å². The van der Waals surface area contributed by atoms with Crippen LogP contribution in [0.2, 0.25) is 0 Å². The van der Waals surface area contributed by atoms with E-state index in [1.165, 1.54) is 0 Å². The maximum absolute atomic E-state index is 12.2. The monoisotopic (exact) mass is 364 g/mol. The highest BCUT2D eigenvalue weighted by atomic mass is 32.2. The summed E-state index contributed by atoms with van der Waals surface area (Å²) < 4.78 is 0.144. The Balaban J connectivity index is 2.62. The Labute approximate surface area is 156 Å². The molecule has 1 atom stereocenters. The molecule has 0 aliphatic carbocycles. The number of guanidine groups is 1. The molecule has 5 nitrogen and oxygen atoms in total. The van der Waals surface area contributed by atoms with Crippen LogP contribution in [0.3, 0.4) is 0 Å². The van der Waals surface area contributed by atoms with E-state index in [-0.39, 0.29) is 16.7 Å². The molecule has 0 heterocycles. The van der Waals surface area contributed by atoms with E-state index < -0.39 is 0 Å². The molecule has 0 aromatic heterocycles. The van der Waals surface area contributed by atoms with Crippen LogP contribution in [-0.4, -0.2) is 42.5 Å². The number of nitrogens with zero attached hydrogens (tertiary/aromatic N) is 1. The number of carbonyl (C=O) groups excluding carboxylic acids is 1. The molecular weight excluding hydrogens is 332 g/mol. The van der Waals surface area contributed by atoms with Crippen molar-refractivity contribution in [3.8, 4) is 0 Å². The molecule has 3 N–H and O–H groups in total. The average Bonchev–Trinajstić information content (AvgIpc) is 2.61. The zero-order valence-corrected chi connectivity index (χ0v) is 17.1. The maximum atomic E-state index is 12.2. The predicted molar refractivity (Wildman–Crippen MR) is 109 cm³/mol. The molecular formula is C19H32N4OS. The van der Waals surface area contributed by atoms with Crippen molar-refractivity contribution in [2.45, 2.75) is 51.4 Å². The van der Waals surface area contributed by atoms with Crippen molar-refractivity contribution < 1.29 is 4.79 Å². The summed E-state index contributed by atoms with van der Waals surface area (Å²) in [7, 11) is 1.76. The van der Waals surface area contributed by atoms with Crippen LogP contribution in [0.25, 0.3) is 0 Å². The van der Waals surface area contributed by atoms with Crippen molar-refractivity contribution in [2.75, 3.05) is 19.8 Å². The van der Waals surface area contributed by atoms with Gasteiger partial charge in [0.05, 0.1) is 0 Å². The van der Waals surface area contributed by atoms with Crippen LogP contribution in [0.1, 0.15) is 50.0 Å². The number of hydrogen-bond acceptors (Lipinski definition) is 3. The lowest BCUT2D eigenvalue weighted by molar-refractivity contribution is 0.0939. The molecule has 1 rings (SSSR count). The van der Waals surface area contributed by atoms with E-state index in [2.05, 4.69) is 48.0 Å². The van der Waals surface area contributed by atoms with Gasteiger partial charge >= 0.3 is 0 Å². The summed E-state index contributed by atoms with van der Waals surface area (Å²) in [4.78, 5) is 16.5. The summed E-state index contributed by atoms with van der Waals surface area (Å²) >= 11 is 1.82. The third-order valence-corrected chi connectivity index (χ3v) is 5.35. The molecule has 6 heteroatoms. The number of benzene rings is 1. The van der Waals surface area contributed by atoms with E-state index in [0.29, 0.717) is 12.1 Å². The molecule has 1 unspecified atom stereocenters. The van der Waals surface area contributed by atoms with E-state index in [1.54, 1.807) is 7.05 Å². The van der Waals surface area contributed by atoms with Gasteiger partial charge in [0.15, 0.2) is 5.96 Å². The molecule has 25 heavy (non-hydrogen) atoms. The quantitative estimate of drug-likeness (QED) is 0.490. The second-order valence-electron chi connectivity index (χ2n) is 6.73. The minimum Gasteiger partial charge on any atom is -0.355 e. The van der Waals surface area contributed by atoms with Gasteiger partial charge in [0.1, 0.15) is 0 Å². The minimum absolute atomic E-state index is 0.0274. The van der Waals surface area contributed by atoms with Gasteiger partial charge in [0, 0.05) is 36.5 Å². The van der Waals surface area contributed by atoms with Crippen molar-refractivity contribution >= 4 is 23.6 Å². The summed E-state index contributed by atoms with van der Waals surface area (Å²) in [6.45, 7) is 9.89. The van der Waals surface area contributed by atoms with Crippen molar-refractivity contribution in [1.82, 2.24) is 16.0 Å². The largest absolute Gasteiger partial charge is 0.355 e. The van der Waals surface area contributed by atoms with Gasteiger partial charge in [-0.3, -0.25) is 9.79 Å². The molecule has 1 aromatic rings. The third kappa shape index (κ3) is 7.82. The molecule has 1 amide bonds. The molecule has 0 saturated carbocycles. The van der Waals surface area contributed by atoms with Gasteiger partial charge in [-0.05, 0) is 51.1 Å². The molecule has 0 radical (unpaired) electrons. The third-order valence-electron chi connectivity index (χ3n) is 4.10. The normalized spacial score (nSPS) is 13.3. The fraction of sp³-hybridized carbons (Fsp3) is 0.579. The van der Waals surface area contributed by atoms with Gasteiger partial charge in [-0.2, -0.15) is 11.8 Å². The Bertz CT molecular complexity index is 587. The van der Waals surface area contributed by atoms with E-state index in [9.17, 15) is 4.79 Å². The number of nitrogens with one attached hydrogen (secondary N) is 3. The Hall–Kier alpha value is -1.69. The smallest absolute Gasteiger partial charge is 0.251 e. The minimum atomic E-state index is -0.0274. The van der Waals surface area contributed by atoms with Gasteiger partial charge in [0.25, 0.3) is 5.91 Å². The highest BCUT2D eigenvalue weighted by Gasteiger charge is 2.16. The van der Waals surface area contributed by atoms with Gasteiger partial charge < -0.3 is 16.0 Å². The zero-order valence-electron chi connectivity index (χ0n) is 16.3. The molecule has 140 valence electrons. The Morgan fingerprint density at radius 2 is 2.04 bits per heavy atom. The Morgan fingerprint density at radius 3 is 2.64 bits per heavy atom. The van der Waals surface area contributed by atoms with E-state index in [4.69, 9.17) is 0 Å². The first-order valence-electron chi connectivity index (χ1n) is 8.70. The number of rotatable bonds is 8. The number of thioether (sulfide) groups is 1. The lowest BCUT2D eigenvalue weighted by Gasteiger charge is -2.23. The Morgan fingerprint density at radius 1 is 1.32 bits per heavy atom. The van der Waals surface area contributed by atoms with E-state index in [0.717, 1.165) is 24.5 Å². The summed E-state index contributed by atoms with van der Waals surface area (Å²) in [5.74, 6) is 0.733. The van der Waals surface area contributed by atoms with Crippen LogP contribution < -0.4 is 16.0 Å². The predicted octanol–water partition coefficient (Wildman–Crippen LogP) is 3.02. The van der Waals surface area contributed by atoms with E-state index in [1.807, 2.05) is 43.0 Å². The molecule has 0 aliphatic rings. The van der Waals surface area contributed by atoms with Crippen LogP contribution in [0.5, 0.6) is 0 Å². The first-order chi connectivity index (χ1) is 11.8. The second kappa shape index (κ2) is 10.3. The van der Waals surface area contributed by atoms with Gasteiger partial charge in [-0.1, -0.05) is 19.1 Å². The number of hydrogen-bond donors (Lipinski definition) is 3. The molecule has 0 saturated heterocycles. The van der Waals surface area contributed by atoms with Crippen molar-refractivity contribution in [3.05, 3.63) is 35.4 Å². The fourth-order valence-corrected chi connectivity index (χ4v) is 2.22. The van der Waals surface area contributed by atoms with Crippen LogP contribution in [0, 0.1) is 0 Å². The number of carbonyl (C=O) groups is 1. The number of amides is 1. The van der Waals surface area contributed by atoms with Crippen LogP contribution in [0.15, 0.2) is 29.3 Å². The van der Waals surface area contributed by atoms with Crippen molar-refractivity contribution in [1.29, 1.82) is 0 Å². The molecule has 1 aromatic carbocycles. The maximum Gasteiger partial charge on any atom is 0.251 e. The van der Waals surface area contributed by atoms with Crippen LogP contribution in [-0.2, 0) is 6.54 Å². The molecule has 0 fully saturated rings. The highest BCUT2D eigenvalue weighted by molar-refractivity contribution is 7.99. The zero-order chi connectivity index (χ0) is 18.9. The molecule has 0 spiro atoms. The average molecular weight is 365 g/mol. The molecule has 0 bridgehead atoms. The summed E-state index contributed by atoms with van der Waals surface area (Å²) in [5.41, 5.74) is 1.73. The summed E-state index contributed by atoms with van der Waals surface area (Å²) in [5, 5.41) is 9.63. The summed E-state index contributed by atoms with van der Waals surface area (Å²) in [6, 6.07) is 7.86. The van der Waals surface area contributed by atoms with Crippen LogP contribution in [0.4, 0.5) is 0 Å². The SMILES string of the molecule is CCC(C)NC(=O)c1cccc(CNC(=NC)NCC(C)(C)SC)c1. The number of aliphatic imine (C=N–C) groups is 1. The van der Waals surface area contributed by atoms with Crippen LogP contribution >= 0.6 is 11.8 Å². The van der Waals surface area contributed by atoms with Gasteiger partial charge in [0.2, 0.25) is 0 Å². The van der Waals surface area contributed by atoms with Crippen molar-refractivity contribution in [2.24, 2.45) is 4.99 Å². The standard InChI is InChI=1S/C19H32N4OS/c1-7-14(2)23-17(24)16-10-8-9-15(11-16)12-21-18(20-5)22-13-19(3,4)25-6/h8-11,14H,7,12-13H2,1-6H3,(H,23,24)(H2,20,21,22). The van der Waals surface area contributed by atoms with Crippen molar-refractivity contribution in [3.63, 3.8) is 0 Å². The second-order valence-corrected chi connectivity index (χ2v) is 8.24. The highest BCUT2D eigenvalue weighted by Crippen LogP contribution is 2.19.